The lowest BCUT2D eigenvalue weighted by atomic mass is 9.42. The van der Waals surface area contributed by atoms with Crippen LogP contribution in [0.5, 0.6) is 0 Å². The monoisotopic (exact) mass is 418 g/mol. The SMILES string of the molecule is CC12CCC(O)CC1CC(O)C1C2CC(O)C2(C)C(c3ccc(=O)oc3)CCC12O. The first-order valence-electron chi connectivity index (χ1n) is 11.5. The van der Waals surface area contributed by atoms with Crippen LogP contribution in [0.1, 0.15) is 70.3 Å². The van der Waals surface area contributed by atoms with Crippen LogP contribution in [0.3, 0.4) is 0 Å². The highest BCUT2D eigenvalue weighted by atomic mass is 16.4. The Morgan fingerprint density at radius 2 is 1.80 bits per heavy atom. The third-order valence-electron chi connectivity index (χ3n) is 10.0. The van der Waals surface area contributed by atoms with E-state index in [9.17, 15) is 25.2 Å². The molecular formula is C24H34O6. The molecule has 10 unspecified atom stereocenters. The van der Waals surface area contributed by atoms with Crippen molar-refractivity contribution in [2.75, 3.05) is 0 Å². The van der Waals surface area contributed by atoms with E-state index in [-0.39, 0.29) is 35.2 Å². The van der Waals surface area contributed by atoms with Gasteiger partial charge in [-0.05, 0) is 79.7 Å². The van der Waals surface area contributed by atoms with Gasteiger partial charge in [-0.2, -0.15) is 0 Å². The van der Waals surface area contributed by atoms with Crippen LogP contribution < -0.4 is 5.63 Å². The maximum absolute atomic E-state index is 12.2. The molecule has 30 heavy (non-hydrogen) atoms. The standard InChI is InChI=1S/C24H34O6/c1-22-7-5-15(25)9-14(22)10-18(26)21-17(22)11-19(27)23(2)16(6-8-24(21,23)29)13-3-4-20(28)30-12-13/h3-4,12,14-19,21,25-27,29H,5-11H2,1-2H3. The Hall–Kier alpha value is -1.21. The minimum atomic E-state index is -1.19. The summed E-state index contributed by atoms with van der Waals surface area (Å²) < 4.78 is 5.10. The summed E-state index contributed by atoms with van der Waals surface area (Å²) in [5, 5.41) is 45.2. The molecule has 0 spiro atoms. The van der Waals surface area contributed by atoms with E-state index in [0.717, 1.165) is 18.4 Å². The Morgan fingerprint density at radius 1 is 1.03 bits per heavy atom. The van der Waals surface area contributed by atoms with Crippen molar-refractivity contribution in [1.82, 2.24) is 0 Å². The average Bonchev–Trinajstić information content (AvgIpc) is 2.98. The van der Waals surface area contributed by atoms with Crippen molar-refractivity contribution in [3.8, 4) is 0 Å². The summed E-state index contributed by atoms with van der Waals surface area (Å²) in [6.07, 6.45) is 4.36. The van der Waals surface area contributed by atoms with Crippen LogP contribution in [0.25, 0.3) is 0 Å². The van der Waals surface area contributed by atoms with Crippen molar-refractivity contribution in [2.24, 2.45) is 28.6 Å². The fourth-order valence-electron chi connectivity index (χ4n) is 8.28. The van der Waals surface area contributed by atoms with Crippen molar-refractivity contribution < 1.29 is 24.8 Å². The molecule has 1 heterocycles. The van der Waals surface area contributed by atoms with E-state index in [4.69, 9.17) is 4.42 Å². The average molecular weight is 419 g/mol. The highest BCUT2D eigenvalue weighted by Gasteiger charge is 2.72. The zero-order valence-corrected chi connectivity index (χ0v) is 17.8. The smallest absolute Gasteiger partial charge is 0.335 e. The molecule has 0 aromatic carbocycles. The predicted molar refractivity (Wildman–Crippen MR) is 110 cm³/mol. The molecule has 6 nitrogen and oxygen atoms in total. The molecule has 0 amide bonds. The van der Waals surface area contributed by atoms with Gasteiger partial charge in [0.1, 0.15) is 0 Å². The molecule has 4 N–H and O–H groups in total. The first-order chi connectivity index (χ1) is 14.1. The van der Waals surface area contributed by atoms with Crippen LogP contribution in [0.2, 0.25) is 0 Å². The Balaban J connectivity index is 1.56. The highest BCUT2D eigenvalue weighted by Crippen LogP contribution is 2.70. The maximum atomic E-state index is 12.2. The Labute approximate surface area is 176 Å². The van der Waals surface area contributed by atoms with E-state index in [0.29, 0.717) is 32.1 Å². The normalized spacial score (nSPS) is 52.9. The number of aliphatic hydroxyl groups excluding tert-OH is 3. The third kappa shape index (κ3) is 2.54. The van der Waals surface area contributed by atoms with E-state index < -0.39 is 28.8 Å². The van der Waals surface area contributed by atoms with Gasteiger partial charge in [0.25, 0.3) is 0 Å². The minimum Gasteiger partial charge on any atom is -0.431 e. The molecule has 0 aliphatic heterocycles. The summed E-state index contributed by atoms with van der Waals surface area (Å²) in [7, 11) is 0. The van der Waals surface area contributed by atoms with Crippen LogP contribution in [0.4, 0.5) is 0 Å². The van der Waals surface area contributed by atoms with E-state index in [1.165, 1.54) is 12.3 Å². The molecule has 0 bridgehead atoms. The molecule has 1 aromatic heterocycles. The summed E-state index contributed by atoms with van der Waals surface area (Å²) >= 11 is 0. The second-order valence-electron chi connectivity index (χ2n) is 11.0. The lowest BCUT2D eigenvalue weighted by molar-refractivity contribution is -0.266. The number of hydrogen-bond donors (Lipinski definition) is 4. The molecule has 1 aromatic rings. The van der Waals surface area contributed by atoms with Gasteiger partial charge in [-0.15, -0.1) is 0 Å². The number of fused-ring (bicyclic) bond motifs is 5. The third-order valence-corrected chi connectivity index (χ3v) is 10.0. The predicted octanol–water partition coefficient (Wildman–Crippen LogP) is 2.18. The molecule has 10 atom stereocenters. The van der Waals surface area contributed by atoms with Crippen LogP contribution in [-0.4, -0.2) is 44.3 Å². The fourth-order valence-corrected chi connectivity index (χ4v) is 8.28. The van der Waals surface area contributed by atoms with Crippen molar-refractivity contribution in [1.29, 1.82) is 0 Å². The largest absolute Gasteiger partial charge is 0.431 e. The van der Waals surface area contributed by atoms with Gasteiger partial charge in [0.2, 0.25) is 0 Å². The Bertz CT molecular complexity index is 862. The molecule has 4 aliphatic carbocycles. The zero-order chi connectivity index (χ0) is 21.5. The molecule has 0 radical (unpaired) electrons. The lowest BCUT2D eigenvalue weighted by Gasteiger charge is -2.65. The summed E-state index contributed by atoms with van der Waals surface area (Å²) in [4.78, 5) is 11.4. The number of aliphatic hydroxyl groups is 4. The Kier molecular flexibility index (Phi) is 4.58. The van der Waals surface area contributed by atoms with Crippen LogP contribution >= 0.6 is 0 Å². The summed E-state index contributed by atoms with van der Waals surface area (Å²) in [6, 6.07) is 3.13. The highest BCUT2D eigenvalue weighted by molar-refractivity contribution is 5.29. The van der Waals surface area contributed by atoms with Gasteiger partial charge in [-0.25, -0.2) is 4.79 Å². The summed E-state index contributed by atoms with van der Waals surface area (Å²) in [5.41, 5.74) is -1.71. The molecule has 4 saturated carbocycles. The van der Waals surface area contributed by atoms with Gasteiger partial charge in [-0.3, -0.25) is 0 Å². The van der Waals surface area contributed by atoms with E-state index in [1.807, 2.05) is 6.92 Å². The van der Waals surface area contributed by atoms with Gasteiger partial charge in [0, 0.05) is 17.4 Å². The fraction of sp³-hybridized carbons (Fsp3) is 0.792. The van der Waals surface area contributed by atoms with Gasteiger partial charge < -0.3 is 24.8 Å². The van der Waals surface area contributed by atoms with Crippen molar-refractivity contribution >= 4 is 0 Å². The van der Waals surface area contributed by atoms with E-state index in [2.05, 4.69) is 6.92 Å². The maximum Gasteiger partial charge on any atom is 0.335 e. The van der Waals surface area contributed by atoms with Crippen LogP contribution in [0.15, 0.2) is 27.6 Å². The van der Waals surface area contributed by atoms with E-state index in [1.54, 1.807) is 6.07 Å². The van der Waals surface area contributed by atoms with Crippen LogP contribution in [-0.2, 0) is 0 Å². The second-order valence-corrected chi connectivity index (χ2v) is 11.0. The first-order valence-corrected chi connectivity index (χ1v) is 11.5. The second kappa shape index (κ2) is 6.64. The molecular weight excluding hydrogens is 384 g/mol. The molecule has 166 valence electrons. The lowest BCUT2D eigenvalue weighted by Crippen LogP contribution is -2.69. The van der Waals surface area contributed by atoms with Crippen LogP contribution in [0, 0.1) is 28.6 Å². The zero-order valence-electron chi connectivity index (χ0n) is 17.8. The van der Waals surface area contributed by atoms with Gasteiger partial charge >= 0.3 is 5.63 Å². The van der Waals surface area contributed by atoms with Gasteiger partial charge in [0.15, 0.2) is 0 Å². The summed E-state index contributed by atoms with van der Waals surface area (Å²) in [5.74, 6) is -0.227. The molecule has 0 saturated heterocycles. The van der Waals surface area contributed by atoms with Gasteiger partial charge in [0.05, 0.1) is 30.2 Å². The van der Waals surface area contributed by atoms with E-state index >= 15 is 0 Å². The summed E-state index contributed by atoms with van der Waals surface area (Å²) in [6.45, 7) is 4.19. The molecule has 4 fully saturated rings. The first kappa shape index (κ1) is 20.7. The molecule has 6 heteroatoms. The Morgan fingerprint density at radius 3 is 2.50 bits per heavy atom. The number of rotatable bonds is 1. The minimum absolute atomic E-state index is 0.0132. The topological polar surface area (TPSA) is 111 Å². The molecule has 4 aliphatic rings. The molecule has 5 rings (SSSR count). The van der Waals surface area contributed by atoms with Gasteiger partial charge in [-0.1, -0.05) is 13.8 Å². The quantitative estimate of drug-likeness (QED) is 0.556. The van der Waals surface area contributed by atoms with Crippen molar-refractivity contribution in [3.05, 3.63) is 34.4 Å². The number of hydrogen-bond acceptors (Lipinski definition) is 6. The van der Waals surface area contributed by atoms with Crippen molar-refractivity contribution in [2.45, 2.75) is 88.6 Å². The van der Waals surface area contributed by atoms with Crippen molar-refractivity contribution in [3.63, 3.8) is 0 Å².